The van der Waals surface area contributed by atoms with E-state index in [1.165, 1.54) is 5.56 Å². The predicted molar refractivity (Wildman–Crippen MR) is 106 cm³/mol. The molecule has 1 fully saturated rings. The van der Waals surface area contributed by atoms with Crippen LogP contribution in [-0.4, -0.2) is 43.2 Å². The second-order valence-electron chi connectivity index (χ2n) is 7.27. The fourth-order valence-electron chi connectivity index (χ4n) is 2.55. The normalized spacial score (nSPS) is 16.3. The number of morpholine rings is 1. The van der Waals surface area contributed by atoms with Crippen LogP contribution in [-0.2, 0) is 22.6 Å². The van der Waals surface area contributed by atoms with E-state index in [-0.39, 0.29) is 36.1 Å². The predicted octanol–water partition coefficient (Wildman–Crippen LogP) is 2.35. The molecule has 1 amide bonds. The first-order valence-corrected chi connectivity index (χ1v) is 8.27. The van der Waals surface area contributed by atoms with Crippen molar-refractivity contribution < 1.29 is 9.53 Å². The number of hydrogen-bond donors (Lipinski definition) is 2. The van der Waals surface area contributed by atoms with E-state index in [1.54, 1.807) is 0 Å². The van der Waals surface area contributed by atoms with Gasteiger partial charge in [0.15, 0.2) is 0 Å². The maximum absolute atomic E-state index is 12.1. The van der Waals surface area contributed by atoms with Crippen molar-refractivity contribution in [2.45, 2.75) is 39.9 Å². The van der Waals surface area contributed by atoms with E-state index >= 15 is 0 Å². The van der Waals surface area contributed by atoms with Crippen LogP contribution in [0.4, 0.5) is 0 Å². The van der Waals surface area contributed by atoms with Crippen LogP contribution in [0.1, 0.15) is 31.9 Å². The summed E-state index contributed by atoms with van der Waals surface area (Å²) in [6, 6.07) is 7.85. The highest BCUT2D eigenvalue weighted by Crippen LogP contribution is 2.17. The number of nitrogens with zero attached hydrogens (tertiary/aromatic N) is 1. The van der Waals surface area contributed by atoms with E-state index in [0.29, 0.717) is 6.54 Å². The highest BCUT2D eigenvalue weighted by Gasteiger charge is 2.27. The largest absolute Gasteiger partial charge is 0.379 e. The molecule has 2 rings (SSSR count). The molecule has 1 aromatic rings. The molecule has 0 radical (unpaired) electrons. The number of halogens is 2. The van der Waals surface area contributed by atoms with Crippen molar-refractivity contribution in [3.8, 4) is 0 Å². The van der Waals surface area contributed by atoms with Gasteiger partial charge in [0, 0.05) is 26.2 Å². The average Bonchev–Trinajstić information content (AvgIpc) is 2.52. The molecule has 1 aliphatic rings. The standard InChI is InChI=1S/C18H29N3O2.2ClH/c1-18(2,3)16(19)17(22)20-12-14-5-4-6-15(11-14)13-21-7-9-23-10-8-21;;/h4-6,11,16H,7-10,12-13,19H2,1-3H3,(H,20,22);2*1H/t16-;;/m1../s1. The van der Waals surface area contributed by atoms with Gasteiger partial charge in [-0.05, 0) is 16.5 Å². The molecule has 144 valence electrons. The molecule has 1 atom stereocenters. The summed E-state index contributed by atoms with van der Waals surface area (Å²) in [4.78, 5) is 14.5. The molecule has 0 aliphatic carbocycles. The number of nitrogens with two attached hydrogens (primary N) is 1. The van der Waals surface area contributed by atoms with Crippen molar-refractivity contribution in [1.29, 1.82) is 0 Å². The number of carbonyl (C=O) groups excluding carboxylic acids is 1. The van der Waals surface area contributed by atoms with Crippen LogP contribution < -0.4 is 11.1 Å². The van der Waals surface area contributed by atoms with Crippen molar-refractivity contribution in [2.75, 3.05) is 26.3 Å². The minimum atomic E-state index is -0.501. The SMILES string of the molecule is CC(C)(C)[C@H](N)C(=O)NCc1cccc(CN2CCOCC2)c1.Cl.Cl. The Balaban J connectivity index is 0.00000288. The van der Waals surface area contributed by atoms with E-state index in [9.17, 15) is 4.79 Å². The van der Waals surface area contributed by atoms with E-state index < -0.39 is 6.04 Å². The molecule has 1 heterocycles. The lowest BCUT2D eigenvalue weighted by molar-refractivity contribution is -0.124. The summed E-state index contributed by atoms with van der Waals surface area (Å²) in [5.41, 5.74) is 8.11. The van der Waals surface area contributed by atoms with Gasteiger partial charge in [-0.15, -0.1) is 24.8 Å². The van der Waals surface area contributed by atoms with Gasteiger partial charge in [0.25, 0.3) is 0 Å². The van der Waals surface area contributed by atoms with E-state index in [2.05, 4.69) is 22.3 Å². The van der Waals surface area contributed by atoms with Gasteiger partial charge in [-0.3, -0.25) is 9.69 Å². The Morgan fingerprint density at radius 1 is 1.24 bits per heavy atom. The van der Waals surface area contributed by atoms with Gasteiger partial charge in [-0.1, -0.05) is 45.0 Å². The first kappa shape index (κ1) is 24.1. The minimum Gasteiger partial charge on any atom is -0.379 e. The molecule has 1 aromatic carbocycles. The van der Waals surface area contributed by atoms with Crippen molar-refractivity contribution >= 4 is 30.7 Å². The molecule has 3 N–H and O–H groups in total. The second kappa shape index (κ2) is 11.0. The molecule has 5 nitrogen and oxygen atoms in total. The van der Waals surface area contributed by atoms with Crippen LogP contribution in [0, 0.1) is 5.41 Å². The number of nitrogens with one attached hydrogen (secondary N) is 1. The van der Waals surface area contributed by atoms with Gasteiger partial charge in [0.05, 0.1) is 19.3 Å². The fourth-order valence-corrected chi connectivity index (χ4v) is 2.55. The summed E-state index contributed by atoms with van der Waals surface area (Å²) < 4.78 is 5.37. The first-order chi connectivity index (χ1) is 10.9. The maximum Gasteiger partial charge on any atom is 0.237 e. The van der Waals surface area contributed by atoms with Gasteiger partial charge < -0.3 is 15.8 Å². The van der Waals surface area contributed by atoms with Gasteiger partial charge >= 0.3 is 0 Å². The number of benzene rings is 1. The summed E-state index contributed by atoms with van der Waals surface area (Å²) in [6.07, 6.45) is 0. The monoisotopic (exact) mass is 391 g/mol. The molecule has 1 saturated heterocycles. The van der Waals surface area contributed by atoms with E-state index in [4.69, 9.17) is 10.5 Å². The van der Waals surface area contributed by atoms with Crippen molar-refractivity contribution in [3.05, 3.63) is 35.4 Å². The van der Waals surface area contributed by atoms with Crippen molar-refractivity contribution in [1.82, 2.24) is 10.2 Å². The minimum absolute atomic E-state index is 0. The molecule has 7 heteroatoms. The van der Waals surface area contributed by atoms with Crippen molar-refractivity contribution in [3.63, 3.8) is 0 Å². The maximum atomic E-state index is 12.1. The van der Waals surface area contributed by atoms with Crippen LogP contribution in [0.5, 0.6) is 0 Å². The summed E-state index contributed by atoms with van der Waals surface area (Å²) in [6.45, 7) is 10.9. The number of carbonyl (C=O) groups is 1. The lowest BCUT2D eigenvalue weighted by Crippen LogP contribution is -2.48. The van der Waals surface area contributed by atoms with Gasteiger partial charge in [0.1, 0.15) is 0 Å². The number of ether oxygens (including phenoxy) is 1. The molecule has 0 spiro atoms. The van der Waals surface area contributed by atoms with Crippen LogP contribution in [0.15, 0.2) is 24.3 Å². The second-order valence-corrected chi connectivity index (χ2v) is 7.27. The number of rotatable bonds is 5. The Labute approximate surface area is 163 Å². The summed E-state index contributed by atoms with van der Waals surface area (Å²) >= 11 is 0. The fraction of sp³-hybridized carbons (Fsp3) is 0.611. The zero-order valence-electron chi connectivity index (χ0n) is 15.3. The van der Waals surface area contributed by atoms with Crippen molar-refractivity contribution in [2.24, 2.45) is 11.1 Å². The highest BCUT2D eigenvalue weighted by atomic mass is 35.5. The Kier molecular flexibility index (Phi) is 10.6. The van der Waals surface area contributed by atoms with Crippen LogP contribution >= 0.6 is 24.8 Å². The van der Waals surface area contributed by atoms with E-state index in [1.807, 2.05) is 32.9 Å². The molecule has 1 aliphatic heterocycles. The molecule has 0 unspecified atom stereocenters. The molecular formula is C18H31Cl2N3O2. The molecular weight excluding hydrogens is 361 g/mol. The quantitative estimate of drug-likeness (QED) is 0.807. The van der Waals surface area contributed by atoms with Crippen LogP contribution in [0.3, 0.4) is 0 Å². The van der Waals surface area contributed by atoms with Crippen LogP contribution in [0.2, 0.25) is 0 Å². The smallest absolute Gasteiger partial charge is 0.237 e. The number of amides is 1. The summed E-state index contributed by atoms with van der Waals surface area (Å²) in [7, 11) is 0. The lowest BCUT2D eigenvalue weighted by Gasteiger charge is -2.27. The molecule has 0 saturated carbocycles. The zero-order valence-corrected chi connectivity index (χ0v) is 16.9. The van der Waals surface area contributed by atoms with Gasteiger partial charge in [-0.2, -0.15) is 0 Å². The third-order valence-corrected chi connectivity index (χ3v) is 4.18. The Hall–Kier alpha value is -0.850. The topological polar surface area (TPSA) is 67.6 Å². The Morgan fingerprint density at radius 3 is 2.44 bits per heavy atom. The highest BCUT2D eigenvalue weighted by molar-refractivity contribution is 5.85. The molecule has 0 bridgehead atoms. The van der Waals surface area contributed by atoms with Crippen LogP contribution in [0.25, 0.3) is 0 Å². The van der Waals surface area contributed by atoms with E-state index in [0.717, 1.165) is 38.4 Å². The molecule has 0 aromatic heterocycles. The average molecular weight is 392 g/mol. The first-order valence-electron chi connectivity index (χ1n) is 8.27. The Morgan fingerprint density at radius 2 is 1.84 bits per heavy atom. The summed E-state index contributed by atoms with van der Waals surface area (Å²) in [5, 5.41) is 2.94. The number of hydrogen-bond acceptors (Lipinski definition) is 4. The van der Waals surface area contributed by atoms with Gasteiger partial charge in [0.2, 0.25) is 5.91 Å². The third-order valence-electron chi connectivity index (χ3n) is 4.18. The zero-order chi connectivity index (χ0) is 16.9. The third kappa shape index (κ3) is 7.92. The lowest BCUT2D eigenvalue weighted by atomic mass is 9.87. The summed E-state index contributed by atoms with van der Waals surface area (Å²) in [5.74, 6) is -0.101. The van der Waals surface area contributed by atoms with Gasteiger partial charge in [-0.25, -0.2) is 0 Å². The Bertz CT molecular complexity index is 529. The molecule has 25 heavy (non-hydrogen) atoms.